The molecule has 3 aromatic heterocycles. The molecular weight excluding hydrogens is 436 g/mol. The van der Waals surface area contributed by atoms with E-state index in [2.05, 4.69) is 25.5 Å². The van der Waals surface area contributed by atoms with E-state index in [0.717, 1.165) is 24.1 Å². The van der Waals surface area contributed by atoms with Gasteiger partial charge < -0.3 is 23.8 Å². The molecule has 4 heterocycles. The first-order chi connectivity index (χ1) is 16.7. The highest BCUT2D eigenvalue weighted by Gasteiger charge is 2.20. The third kappa shape index (κ3) is 4.33. The van der Waals surface area contributed by atoms with Gasteiger partial charge in [0.15, 0.2) is 0 Å². The Morgan fingerprint density at radius 2 is 2.00 bits per heavy atom. The van der Waals surface area contributed by atoms with Crippen molar-refractivity contribution in [2.24, 2.45) is 0 Å². The van der Waals surface area contributed by atoms with Crippen molar-refractivity contribution in [3.63, 3.8) is 0 Å². The van der Waals surface area contributed by atoms with Crippen molar-refractivity contribution in [1.82, 2.24) is 30.0 Å². The van der Waals surface area contributed by atoms with Gasteiger partial charge in [-0.2, -0.15) is 0 Å². The highest BCUT2D eigenvalue weighted by atomic mass is 16.5. The molecule has 0 spiro atoms. The molecule has 10 heteroatoms. The van der Waals surface area contributed by atoms with Crippen LogP contribution < -0.4 is 15.6 Å². The molecule has 1 unspecified atom stereocenters. The number of rotatable bonds is 7. The van der Waals surface area contributed by atoms with Gasteiger partial charge in [0, 0.05) is 31.0 Å². The van der Waals surface area contributed by atoms with E-state index in [-0.39, 0.29) is 17.5 Å². The van der Waals surface area contributed by atoms with Gasteiger partial charge in [-0.3, -0.25) is 9.78 Å². The van der Waals surface area contributed by atoms with Crippen LogP contribution in [0.1, 0.15) is 18.0 Å². The van der Waals surface area contributed by atoms with Crippen molar-refractivity contribution in [3.8, 4) is 40.0 Å². The van der Waals surface area contributed by atoms with Gasteiger partial charge in [0.2, 0.25) is 0 Å². The van der Waals surface area contributed by atoms with Gasteiger partial charge in [0.25, 0.3) is 17.3 Å². The van der Waals surface area contributed by atoms with Gasteiger partial charge in [0.05, 0.1) is 43.4 Å². The molecule has 1 fully saturated rings. The van der Waals surface area contributed by atoms with Crippen LogP contribution in [0.3, 0.4) is 0 Å². The molecule has 1 saturated heterocycles. The average Bonchev–Trinajstić information content (AvgIpc) is 3.57. The number of methoxy groups -OCH3 is 1. The van der Waals surface area contributed by atoms with E-state index in [1.54, 1.807) is 36.3 Å². The van der Waals surface area contributed by atoms with Gasteiger partial charge >= 0.3 is 0 Å². The standard InChI is InChI=1S/C24H24N6O4/c1-25-10-15-3-5-18(21(9-15)32-2)23-28-29-24(34-23)20-12-26-11-19(27-20)16-4-6-22(31)30(13-16)17-7-8-33-14-17/h3-6,9,11-13,17,25H,7-8,10,14H2,1-2H3. The fraction of sp³-hybridized carbons (Fsp3) is 0.292. The Morgan fingerprint density at radius 3 is 2.79 bits per heavy atom. The van der Waals surface area contributed by atoms with Gasteiger partial charge in [-0.25, -0.2) is 4.98 Å². The minimum Gasteiger partial charge on any atom is -0.496 e. The zero-order chi connectivity index (χ0) is 23.5. The first kappa shape index (κ1) is 21.9. The van der Waals surface area contributed by atoms with E-state index in [1.807, 2.05) is 25.2 Å². The van der Waals surface area contributed by atoms with Crippen molar-refractivity contribution in [1.29, 1.82) is 0 Å². The Kier molecular flexibility index (Phi) is 6.15. The summed E-state index contributed by atoms with van der Waals surface area (Å²) in [6.07, 6.45) is 5.81. The molecular formula is C24H24N6O4. The summed E-state index contributed by atoms with van der Waals surface area (Å²) >= 11 is 0. The molecule has 0 bridgehead atoms. The molecule has 1 aromatic carbocycles. The maximum Gasteiger partial charge on any atom is 0.268 e. The fourth-order valence-electron chi connectivity index (χ4n) is 3.95. The molecule has 1 N–H and O–H groups in total. The highest BCUT2D eigenvalue weighted by molar-refractivity contribution is 5.65. The minimum atomic E-state index is -0.0698. The Bertz CT molecular complexity index is 1360. The molecule has 1 aliphatic rings. The van der Waals surface area contributed by atoms with Crippen LogP contribution in [-0.2, 0) is 11.3 Å². The second-order valence-corrected chi connectivity index (χ2v) is 7.95. The maximum atomic E-state index is 12.3. The number of hydrogen-bond acceptors (Lipinski definition) is 9. The van der Waals surface area contributed by atoms with Crippen LogP contribution in [0.15, 0.2) is 58.1 Å². The Balaban J connectivity index is 1.45. The van der Waals surface area contributed by atoms with Gasteiger partial charge in [0.1, 0.15) is 11.4 Å². The molecule has 34 heavy (non-hydrogen) atoms. The molecule has 0 radical (unpaired) electrons. The molecule has 0 saturated carbocycles. The van der Waals surface area contributed by atoms with E-state index in [4.69, 9.17) is 13.9 Å². The summed E-state index contributed by atoms with van der Waals surface area (Å²) in [6.45, 7) is 1.90. The minimum absolute atomic E-state index is 0.0246. The third-order valence-electron chi connectivity index (χ3n) is 5.69. The summed E-state index contributed by atoms with van der Waals surface area (Å²) in [5, 5.41) is 11.5. The van der Waals surface area contributed by atoms with Crippen LogP contribution >= 0.6 is 0 Å². The summed E-state index contributed by atoms with van der Waals surface area (Å²) in [6, 6.07) is 9.09. The first-order valence-corrected chi connectivity index (χ1v) is 10.9. The second-order valence-electron chi connectivity index (χ2n) is 7.95. The predicted molar refractivity (Wildman–Crippen MR) is 124 cm³/mol. The van der Waals surface area contributed by atoms with Crippen molar-refractivity contribution < 1.29 is 13.9 Å². The van der Waals surface area contributed by atoms with Crippen molar-refractivity contribution >= 4 is 0 Å². The second kappa shape index (κ2) is 9.54. The Hall–Kier alpha value is -3.89. The van der Waals surface area contributed by atoms with E-state index >= 15 is 0 Å². The van der Waals surface area contributed by atoms with E-state index in [0.29, 0.717) is 41.8 Å². The Morgan fingerprint density at radius 1 is 1.15 bits per heavy atom. The fourth-order valence-corrected chi connectivity index (χ4v) is 3.95. The Labute approximate surface area is 195 Å². The third-order valence-corrected chi connectivity index (χ3v) is 5.69. The molecule has 0 amide bonds. The molecule has 10 nitrogen and oxygen atoms in total. The first-order valence-electron chi connectivity index (χ1n) is 10.9. The number of nitrogens with zero attached hydrogens (tertiary/aromatic N) is 5. The number of hydrogen-bond donors (Lipinski definition) is 1. The van der Waals surface area contributed by atoms with Crippen LogP contribution in [-0.4, -0.2) is 52.1 Å². The summed E-state index contributed by atoms with van der Waals surface area (Å²) < 4.78 is 18.6. The lowest BCUT2D eigenvalue weighted by Crippen LogP contribution is -2.23. The van der Waals surface area contributed by atoms with Crippen molar-refractivity contribution in [3.05, 3.63) is 64.8 Å². The molecule has 4 aromatic rings. The van der Waals surface area contributed by atoms with Crippen LogP contribution in [0.5, 0.6) is 5.75 Å². The lowest BCUT2D eigenvalue weighted by molar-refractivity contribution is 0.186. The number of benzene rings is 1. The van der Waals surface area contributed by atoms with Crippen LogP contribution in [0.4, 0.5) is 0 Å². The molecule has 1 aliphatic heterocycles. The normalized spacial score (nSPS) is 15.5. The van der Waals surface area contributed by atoms with Crippen molar-refractivity contribution in [2.75, 3.05) is 27.4 Å². The van der Waals surface area contributed by atoms with Gasteiger partial charge in [-0.05, 0) is 37.2 Å². The average molecular weight is 460 g/mol. The highest BCUT2D eigenvalue weighted by Crippen LogP contribution is 2.32. The maximum absolute atomic E-state index is 12.3. The number of aromatic nitrogens is 5. The number of pyridine rings is 1. The van der Waals surface area contributed by atoms with Gasteiger partial charge in [-0.1, -0.05) is 6.07 Å². The SMILES string of the molecule is CNCc1ccc(-c2nnc(-c3cncc(-c4ccc(=O)n(C5CCOC5)c4)n3)o2)c(OC)c1. The predicted octanol–water partition coefficient (Wildman–Crippen LogP) is 2.71. The topological polar surface area (TPSA) is 117 Å². The van der Waals surface area contributed by atoms with Crippen LogP contribution in [0, 0.1) is 0 Å². The largest absolute Gasteiger partial charge is 0.496 e. The molecule has 1 atom stereocenters. The molecule has 0 aliphatic carbocycles. The summed E-state index contributed by atoms with van der Waals surface area (Å²) in [4.78, 5) is 21.3. The zero-order valence-electron chi connectivity index (χ0n) is 18.9. The molecule has 5 rings (SSSR count). The van der Waals surface area contributed by atoms with Crippen LogP contribution in [0.2, 0.25) is 0 Å². The van der Waals surface area contributed by atoms with Gasteiger partial charge in [-0.15, -0.1) is 10.2 Å². The lowest BCUT2D eigenvalue weighted by atomic mass is 10.1. The molecule has 174 valence electrons. The van der Waals surface area contributed by atoms with E-state index in [1.165, 1.54) is 6.07 Å². The monoisotopic (exact) mass is 460 g/mol. The smallest absolute Gasteiger partial charge is 0.268 e. The van der Waals surface area contributed by atoms with E-state index in [9.17, 15) is 4.79 Å². The lowest BCUT2D eigenvalue weighted by Gasteiger charge is -2.13. The summed E-state index contributed by atoms with van der Waals surface area (Å²) in [7, 11) is 3.49. The summed E-state index contributed by atoms with van der Waals surface area (Å²) in [5.41, 5.74) is 3.49. The quantitative estimate of drug-likeness (QED) is 0.444. The van der Waals surface area contributed by atoms with Crippen LogP contribution in [0.25, 0.3) is 34.3 Å². The van der Waals surface area contributed by atoms with Crippen molar-refractivity contribution in [2.45, 2.75) is 19.0 Å². The number of ether oxygens (including phenoxy) is 2. The van der Waals surface area contributed by atoms with E-state index < -0.39 is 0 Å². The summed E-state index contributed by atoms with van der Waals surface area (Å²) in [5.74, 6) is 1.20. The number of nitrogens with one attached hydrogen (secondary N) is 1. The zero-order valence-corrected chi connectivity index (χ0v) is 18.9.